The highest BCUT2D eigenvalue weighted by molar-refractivity contribution is 9.10. The molecule has 0 aliphatic heterocycles. The Morgan fingerprint density at radius 3 is 2.39 bits per heavy atom. The van der Waals surface area contributed by atoms with E-state index in [2.05, 4.69) is 15.9 Å². The van der Waals surface area contributed by atoms with Crippen molar-refractivity contribution < 1.29 is 14.6 Å². The Hall–Kier alpha value is -2.04. The molecule has 0 saturated carbocycles. The van der Waals surface area contributed by atoms with Gasteiger partial charge in [0.15, 0.2) is 5.78 Å². The third-order valence-electron chi connectivity index (χ3n) is 3.62. The van der Waals surface area contributed by atoms with E-state index in [0.717, 1.165) is 5.39 Å². The lowest BCUT2D eigenvalue weighted by Gasteiger charge is -2.12. The van der Waals surface area contributed by atoms with E-state index in [1.807, 2.05) is 6.07 Å². The average Bonchev–Trinajstić information content (AvgIpc) is 2.55. The van der Waals surface area contributed by atoms with Crippen molar-refractivity contribution in [2.24, 2.45) is 0 Å². The van der Waals surface area contributed by atoms with Gasteiger partial charge in [-0.05, 0) is 57.7 Å². The summed E-state index contributed by atoms with van der Waals surface area (Å²) >= 11 is 9.34. The van der Waals surface area contributed by atoms with E-state index in [9.17, 15) is 9.90 Å². The number of benzene rings is 3. The molecule has 3 rings (SSSR count). The van der Waals surface area contributed by atoms with Crippen LogP contribution in [0.15, 0.2) is 53.0 Å². The van der Waals surface area contributed by atoms with Gasteiger partial charge in [0.05, 0.1) is 17.1 Å². The second kappa shape index (κ2) is 6.22. The molecule has 3 nitrogen and oxygen atoms in total. The van der Waals surface area contributed by atoms with Gasteiger partial charge in [-0.15, -0.1) is 0 Å². The highest BCUT2D eigenvalue weighted by Gasteiger charge is 2.20. The van der Waals surface area contributed by atoms with E-state index in [-0.39, 0.29) is 17.1 Å². The van der Waals surface area contributed by atoms with Crippen LogP contribution >= 0.6 is 27.5 Å². The maximum absolute atomic E-state index is 12.9. The molecule has 0 unspecified atom stereocenters. The van der Waals surface area contributed by atoms with Crippen molar-refractivity contribution in [3.8, 4) is 11.5 Å². The Labute approximate surface area is 146 Å². The molecule has 0 aliphatic carbocycles. The molecule has 0 spiro atoms. The number of aromatic hydroxyl groups is 1. The smallest absolute Gasteiger partial charge is 0.197 e. The van der Waals surface area contributed by atoms with E-state index in [1.165, 1.54) is 6.07 Å². The van der Waals surface area contributed by atoms with E-state index in [0.29, 0.717) is 26.2 Å². The monoisotopic (exact) mass is 390 g/mol. The predicted octanol–water partition coefficient (Wildman–Crippen LogP) is 5.20. The molecule has 0 saturated heterocycles. The number of phenols is 1. The number of methoxy groups -OCH3 is 1. The maximum atomic E-state index is 12.9. The lowest BCUT2D eigenvalue weighted by molar-refractivity contribution is 0.103. The minimum Gasteiger partial charge on any atom is -0.507 e. The van der Waals surface area contributed by atoms with Gasteiger partial charge in [-0.2, -0.15) is 0 Å². The second-order valence-electron chi connectivity index (χ2n) is 4.98. The van der Waals surface area contributed by atoms with E-state index < -0.39 is 0 Å². The largest absolute Gasteiger partial charge is 0.507 e. The summed E-state index contributed by atoms with van der Waals surface area (Å²) in [6.07, 6.45) is 0. The number of phenolic OH excluding ortho intramolecular Hbond substituents is 1. The van der Waals surface area contributed by atoms with Crippen LogP contribution < -0.4 is 4.74 Å². The van der Waals surface area contributed by atoms with Crippen molar-refractivity contribution in [2.45, 2.75) is 0 Å². The summed E-state index contributed by atoms with van der Waals surface area (Å²) in [5.41, 5.74) is 0.683. The molecular formula is C18H12BrClO3. The molecule has 23 heavy (non-hydrogen) atoms. The first-order valence-corrected chi connectivity index (χ1v) is 7.98. The van der Waals surface area contributed by atoms with Crippen molar-refractivity contribution in [1.29, 1.82) is 0 Å². The third kappa shape index (κ3) is 2.80. The fourth-order valence-corrected chi connectivity index (χ4v) is 3.33. The number of carbonyl (C=O) groups is 1. The van der Waals surface area contributed by atoms with Gasteiger partial charge in [-0.1, -0.05) is 23.7 Å². The van der Waals surface area contributed by atoms with Crippen molar-refractivity contribution in [3.63, 3.8) is 0 Å². The van der Waals surface area contributed by atoms with Crippen LogP contribution in [0.4, 0.5) is 0 Å². The fraction of sp³-hybridized carbons (Fsp3) is 0.0556. The minimum absolute atomic E-state index is 0.0774. The summed E-state index contributed by atoms with van der Waals surface area (Å²) in [5, 5.41) is 12.3. The quantitative estimate of drug-likeness (QED) is 0.624. The lowest BCUT2D eigenvalue weighted by Crippen LogP contribution is -2.03. The Bertz CT molecular complexity index is 904. The summed E-state index contributed by atoms with van der Waals surface area (Å²) in [6.45, 7) is 0. The zero-order chi connectivity index (χ0) is 16.6. The average molecular weight is 392 g/mol. The fourth-order valence-electron chi connectivity index (χ4n) is 2.48. The number of hydrogen-bond acceptors (Lipinski definition) is 3. The number of halogens is 2. The van der Waals surface area contributed by atoms with Crippen molar-refractivity contribution in [2.75, 3.05) is 7.11 Å². The zero-order valence-corrected chi connectivity index (χ0v) is 14.5. The number of hydrogen-bond donors (Lipinski definition) is 1. The summed E-state index contributed by atoms with van der Waals surface area (Å²) in [6, 6.07) is 13.5. The van der Waals surface area contributed by atoms with Crippen LogP contribution in [0.2, 0.25) is 5.02 Å². The molecule has 0 aromatic heterocycles. The molecule has 0 bridgehead atoms. The Morgan fingerprint density at radius 1 is 1.09 bits per heavy atom. The summed E-state index contributed by atoms with van der Waals surface area (Å²) in [4.78, 5) is 12.9. The number of rotatable bonds is 3. The normalized spacial score (nSPS) is 10.7. The first-order chi connectivity index (χ1) is 11.0. The van der Waals surface area contributed by atoms with Crippen LogP contribution in [-0.4, -0.2) is 18.0 Å². The first kappa shape index (κ1) is 15.8. The van der Waals surface area contributed by atoms with Gasteiger partial charge < -0.3 is 9.84 Å². The van der Waals surface area contributed by atoms with Crippen molar-refractivity contribution in [1.82, 2.24) is 0 Å². The summed E-state index contributed by atoms with van der Waals surface area (Å²) in [7, 11) is 1.55. The molecule has 116 valence electrons. The van der Waals surface area contributed by atoms with Gasteiger partial charge in [0.25, 0.3) is 0 Å². The molecule has 0 heterocycles. The van der Waals surface area contributed by atoms with E-state index in [1.54, 1.807) is 43.5 Å². The number of ketones is 1. The SMILES string of the molecule is COc1ccc2ccc(O)c(C(=O)c3ccc(Cl)cc3)c2c1Br. The molecule has 0 amide bonds. The highest BCUT2D eigenvalue weighted by atomic mass is 79.9. The van der Waals surface area contributed by atoms with Crippen LogP contribution in [0.1, 0.15) is 15.9 Å². The molecule has 5 heteroatoms. The van der Waals surface area contributed by atoms with E-state index >= 15 is 0 Å². The molecular weight excluding hydrogens is 380 g/mol. The Morgan fingerprint density at radius 2 is 1.74 bits per heavy atom. The second-order valence-corrected chi connectivity index (χ2v) is 6.21. The molecule has 0 radical (unpaired) electrons. The predicted molar refractivity (Wildman–Crippen MR) is 94.7 cm³/mol. The van der Waals surface area contributed by atoms with Crippen LogP contribution in [0, 0.1) is 0 Å². The molecule has 1 N–H and O–H groups in total. The third-order valence-corrected chi connectivity index (χ3v) is 4.66. The Kier molecular flexibility index (Phi) is 4.28. The van der Waals surface area contributed by atoms with Crippen molar-refractivity contribution >= 4 is 44.1 Å². The van der Waals surface area contributed by atoms with Crippen LogP contribution in [-0.2, 0) is 0 Å². The zero-order valence-electron chi connectivity index (χ0n) is 12.1. The topological polar surface area (TPSA) is 46.5 Å². The minimum atomic E-state index is -0.279. The number of carbonyl (C=O) groups excluding carboxylic acids is 1. The standard InChI is InChI=1S/C18H12BrClO3/c1-23-14-9-5-10-4-8-13(21)16(15(10)17(14)19)18(22)11-2-6-12(20)7-3-11/h2-9,21H,1H3. The van der Waals surface area contributed by atoms with Crippen LogP contribution in [0.25, 0.3) is 10.8 Å². The Balaban J connectivity index is 2.29. The van der Waals surface area contributed by atoms with Gasteiger partial charge in [-0.25, -0.2) is 0 Å². The maximum Gasteiger partial charge on any atom is 0.197 e. The van der Waals surface area contributed by atoms with E-state index in [4.69, 9.17) is 16.3 Å². The first-order valence-electron chi connectivity index (χ1n) is 6.81. The molecule has 3 aromatic rings. The lowest BCUT2D eigenvalue weighted by atomic mass is 9.96. The van der Waals surface area contributed by atoms with Gasteiger partial charge >= 0.3 is 0 Å². The number of fused-ring (bicyclic) bond motifs is 1. The van der Waals surface area contributed by atoms with Crippen molar-refractivity contribution in [3.05, 3.63) is 69.2 Å². The van der Waals surface area contributed by atoms with Gasteiger partial charge in [0, 0.05) is 16.0 Å². The molecule has 3 aromatic carbocycles. The molecule has 0 atom stereocenters. The molecule has 0 fully saturated rings. The van der Waals surface area contributed by atoms with Crippen LogP contribution in [0.3, 0.4) is 0 Å². The summed E-state index contributed by atoms with van der Waals surface area (Å²) < 4.78 is 5.92. The molecule has 0 aliphatic rings. The van der Waals surface area contributed by atoms with Gasteiger partial charge in [0.1, 0.15) is 11.5 Å². The highest BCUT2D eigenvalue weighted by Crippen LogP contribution is 2.39. The van der Waals surface area contributed by atoms with Crippen LogP contribution in [0.5, 0.6) is 11.5 Å². The summed E-state index contributed by atoms with van der Waals surface area (Å²) in [5.74, 6) is 0.235. The van der Waals surface area contributed by atoms with Gasteiger partial charge in [0.2, 0.25) is 0 Å². The number of ether oxygens (including phenoxy) is 1. The van der Waals surface area contributed by atoms with Gasteiger partial charge in [-0.3, -0.25) is 4.79 Å².